The topological polar surface area (TPSA) is 77.2 Å². The van der Waals surface area contributed by atoms with Crippen LogP contribution in [0.3, 0.4) is 0 Å². The number of Topliss-reactive ketones (excluding diaryl/α,β-unsaturated/α-hetero) is 1. The van der Waals surface area contributed by atoms with Gasteiger partial charge in [-0.15, -0.1) is 34.4 Å². The molecule has 0 bridgehead atoms. The SMILES string of the molecule is CN(C)c1cc(-c2cc(SCc3ccc(Cl)s3)n(C(=O)C(C)(C)C)n2)c(=O)n(CC(=O)c2cccs2)c1. The van der Waals surface area contributed by atoms with Gasteiger partial charge >= 0.3 is 0 Å². The third kappa shape index (κ3) is 6.26. The van der Waals surface area contributed by atoms with E-state index in [0.29, 0.717) is 31.2 Å². The molecule has 0 saturated heterocycles. The average molecular weight is 575 g/mol. The van der Waals surface area contributed by atoms with Crippen LogP contribution in [0.5, 0.6) is 0 Å². The minimum absolute atomic E-state index is 0.0869. The maximum Gasteiger partial charge on any atom is 0.260 e. The zero-order chi connectivity index (χ0) is 26.9. The molecule has 0 aromatic carbocycles. The molecule has 0 aliphatic carbocycles. The number of carbonyl (C=O) groups excluding carboxylic acids is 2. The van der Waals surface area contributed by atoms with Crippen LogP contribution in [0.1, 0.15) is 40.1 Å². The molecule has 0 spiro atoms. The lowest BCUT2D eigenvalue weighted by molar-refractivity contribution is 0.0736. The third-order valence-corrected chi connectivity index (χ3v) is 8.84. The Balaban J connectivity index is 1.78. The molecule has 4 aromatic heterocycles. The van der Waals surface area contributed by atoms with Crippen molar-refractivity contribution < 1.29 is 9.59 Å². The number of thiophene rings is 2. The van der Waals surface area contributed by atoms with Gasteiger partial charge in [0.15, 0.2) is 5.78 Å². The van der Waals surface area contributed by atoms with Crippen molar-refractivity contribution >= 4 is 63.4 Å². The Kier molecular flexibility index (Phi) is 8.13. The molecule has 0 aliphatic heterocycles. The fraction of sp³-hybridized carbons (Fsp3) is 0.308. The predicted molar refractivity (Wildman–Crippen MR) is 154 cm³/mol. The Morgan fingerprint density at radius 2 is 1.92 bits per heavy atom. The molecule has 0 fully saturated rings. The molecule has 7 nitrogen and oxygen atoms in total. The van der Waals surface area contributed by atoms with Crippen LogP contribution in [0, 0.1) is 5.41 Å². The van der Waals surface area contributed by atoms with E-state index in [-0.39, 0.29) is 23.8 Å². The largest absolute Gasteiger partial charge is 0.376 e. The minimum atomic E-state index is -0.677. The summed E-state index contributed by atoms with van der Waals surface area (Å²) in [4.78, 5) is 43.2. The summed E-state index contributed by atoms with van der Waals surface area (Å²) in [7, 11) is 3.73. The molecular weight excluding hydrogens is 548 g/mol. The smallest absolute Gasteiger partial charge is 0.260 e. The van der Waals surface area contributed by atoms with E-state index in [2.05, 4.69) is 5.10 Å². The maximum atomic E-state index is 13.6. The first kappa shape index (κ1) is 27.4. The number of aromatic nitrogens is 3. The van der Waals surface area contributed by atoms with Gasteiger partial charge in [0.25, 0.3) is 11.5 Å². The highest BCUT2D eigenvalue weighted by molar-refractivity contribution is 7.98. The van der Waals surface area contributed by atoms with Crippen LogP contribution in [0.2, 0.25) is 4.34 Å². The predicted octanol–water partition coefficient (Wildman–Crippen LogP) is 6.42. The van der Waals surface area contributed by atoms with Crippen LogP contribution in [-0.2, 0) is 12.3 Å². The molecule has 11 heteroatoms. The second-order valence-corrected chi connectivity index (χ2v) is 13.4. The fourth-order valence-electron chi connectivity index (χ4n) is 3.47. The molecule has 0 unspecified atom stereocenters. The van der Waals surface area contributed by atoms with Crippen molar-refractivity contribution in [1.82, 2.24) is 14.3 Å². The van der Waals surface area contributed by atoms with Crippen molar-refractivity contribution in [3.8, 4) is 11.3 Å². The van der Waals surface area contributed by atoms with Crippen molar-refractivity contribution in [2.45, 2.75) is 38.1 Å². The van der Waals surface area contributed by atoms with Crippen LogP contribution < -0.4 is 10.5 Å². The summed E-state index contributed by atoms with van der Waals surface area (Å²) in [6.07, 6.45) is 1.67. The molecule has 0 aliphatic rings. The highest BCUT2D eigenvalue weighted by Gasteiger charge is 2.28. The van der Waals surface area contributed by atoms with E-state index in [9.17, 15) is 14.4 Å². The highest BCUT2D eigenvalue weighted by Crippen LogP contribution is 2.33. The van der Waals surface area contributed by atoms with Crippen molar-refractivity contribution in [2.75, 3.05) is 19.0 Å². The van der Waals surface area contributed by atoms with Crippen LogP contribution in [0.4, 0.5) is 5.69 Å². The molecule has 0 atom stereocenters. The van der Waals surface area contributed by atoms with E-state index in [0.717, 1.165) is 10.6 Å². The van der Waals surface area contributed by atoms with E-state index in [1.807, 2.05) is 63.3 Å². The molecule has 4 heterocycles. The highest BCUT2D eigenvalue weighted by atomic mass is 35.5. The van der Waals surface area contributed by atoms with Crippen LogP contribution in [0.15, 0.2) is 57.8 Å². The van der Waals surface area contributed by atoms with Gasteiger partial charge in [-0.25, -0.2) is 0 Å². The van der Waals surface area contributed by atoms with Crippen LogP contribution >= 0.6 is 46.0 Å². The van der Waals surface area contributed by atoms with Crippen molar-refractivity contribution in [3.05, 3.63) is 72.4 Å². The van der Waals surface area contributed by atoms with Crippen molar-refractivity contribution in [3.63, 3.8) is 0 Å². The second kappa shape index (κ2) is 11.0. The van der Waals surface area contributed by atoms with Gasteiger partial charge in [-0.1, -0.05) is 38.4 Å². The molecule has 194 valence electrons. The van der Waals surface area contributed by atoms with E-state index >= 15 is 0 Å². The van der Waals surface area contributed by atoms with Gasteiger partial charge in [0.05, 0.1) is 32.7 Å². The second-order valence-electron chi connectivity index (χ2n) is 9.67. The first-order chi connectivity index (χ1) is 17.4. The van der Waals surface area contributed by atoms with Gasteiger partial charge < -0.3 is 9.47 Å². The Morgan fingerprint density at radius 3 is 2.51 bits per heavy atom. The van der Waals surface area contributed by atoms with Gasteiger partial charge in [0, 0.05) is 36.3 Å². The van der Waals surface area contributed by atoms with Gasteiger partial charge in [-0.05, 0) is 35.7 Å². The summed E-state index contributed by atoms with van der Waals surface area (Å²) < 4.78 is 3.50. The summed E-state index contributed by atoms with van der Waals surface area (Å²) in [6, 6.07) is 10.9. The lowest BCUT2D eigenvalue weighted by atomic mass is 9.96. The number of pyridine rings is 1. The zero-order valence-corrected chi connectivity index (χ0v) is 24.4. The molecule has 4 rings (SSSR count). The van der Waals surface area contributed by atoms with Crippen LogP contribution in [0.25, 0.3) is 11.3 Å². The van der Waals surface area contributed by atoms with Crippen molar-refractivity contribution in [1.29, 1.82) is 0 Å². The molecule has 0 saturated carbocycles. The molecular formula is C26H27ClN4O3S3. The van der Waals surface area contributed by atoms with E-state index in [1.165, 1.54) is 43.7 Å². The number of thioether (sulfide) groups is 1. The Labute approximate surface area is 232 Å². The van der Waals surface area contributed by atoms with E-state index < -0.39 is 5.41 Å². The Morgan fingerprint density at radius 1 is 1.16 bits per heavy atom. The molecule has 4 aromatic rings. The summed E-state index contributed by atoms with van der Waals surface area (Å²) in [5.74, 6) is 0.290. The summed E-state index contributed by atoms with van der Waals surface area (Å²) in [6.45, 7) is 5.41. The number of rotatable bonds is 8. The number of anilines is 1. The molecule has 37 heavy (non-hydrogen) atoms. The Hall–Kier alpha value is -2.66. The number of halogens is 1. The van der Waals surface area contributed by atoms with E-state index in [4.69, 9.17) is 11.6 Å². The number of carbonyl (C=O) groups is 2. The van der Waals surface area contributed by atoms with Gasteiger partial charge in [0.2, 0.25) is 0 Å². The molecule has 0 amide bonds. The molecule has 0 N–H and O–H groups in total. The fourth-order valence-corrected chi connectivity index (χ4v) is 6.25. The average Bonchev–Trinajstić information content (AvgIpc) is 3.59. The minimum Gasteiger partial charge on any atom is -0.376 e. The first-order valence-electron chi connectivity index (χ1n) is 11.4. The monoisotopic (exact) mass is 574 g/mol. The maximum absolute atomic E-state index is 13.6. The van der Waals surface area contributed by atoms with Gasteiger partial charge in [-0.2, -0.15) is 9.78 Å². The van der Waals surface area contributed by atoms with Gasteiger partial charge in [-0.3, -0.25) is 14.4 Å². The number of hydrogen-bond donors (Lipinski definition) is 0. The number of ketones is 1. The third-order valence-electron chi connectivity index (χ3n) is 5.48. The van der Waals surface area contributed by atoms with Crippen LogP contribution in [-0.4, -0.2) is 40.1 Å². The number of nitrogens with zero attached hydrogens (tertiary/aromatic N) is 4. The first-order valence-corrected chi connectivity index (χ1v) is 14.5. The number of hydrogen-bond acceptors (Lipinski definition) is 8. The summed E-state index contributed by atoms with van der Waals surface area (Å²) >= 11 is 10.4. The lowest BCUT2D eigenvalue weighted by Crippen LogP contribution is -2.29. The summed E-state index contributed by atoms with van der Waals surface area (Å²) in [5, 5.41) is 7.07. The lowest BCUT2D eigenvalue weighted by Gasteiger charge is -2.17. The standard InChI is InChI=1S/C26H27ClN4O3S3/c1-26(2,3)25(34)31-23(36-15-17-8-9-22(27)37-17)12-19(28-31)18-11-16(29(4)5)13-30(24(18)33)14-20(32)21-7-6-10-35-21/h6-13H,14-15H2,1-5H3. The normalized spacial score (nSPS) is 11.6. The van der Waals surface area contributed by atoms with Gasteiger partial charge in [0.1, 0.15) is 5.03 Å². The zero-order valence-electron chi connectivity index (χ0n) is 21.1. The molecule has 0 radical (unpaired) electrons. The summed E-state index contributed by atoms with van der Waals surface area (Å²) in [5.41, 5.74) is 0.434. The quantitative estimate of drug-likeness (QED) is 0.179. The Bertz CT molecular complexity index is 1490. The van der Waals surface area contributed by atoms with Crippen molar-refractivity contribution in [2.24, 2.45) is 5.41 Å². The van der Waals surface area contributed by atoms with E-state index in [1.54, 1.807) is 24.4 Å².